The van der Waals surface area contributed by atoms with Crippen LogP contribution >= 0.6 is 11.6 Å². The van der Waals surface area contributed by atoms with Crippen LogP contribution in [0.1, 0.15) is 12.8 Å². The molecule has 0 radical (unpaired) electrons. The second kappa shape index (κ2) is 9.40. The molecule has 7 nitrogen and oxygen atoms in total. The highest BCUT2D eigenvalue weighted by molar-refractivity contribution is 6.33. The highest BCUT2D eigenvalue weighted by atomic mass is 35.5. The second-order valence-corrected chi connectivity index (χ2v) is 8.79. The topological polar surface area (TPSA) is 83.9 Å². The largest absolute Gasteiger partial charge is 0.382 e. The Hall–Kier alpha value is -3.49. The Bertz CT molecular complexity index is 1380. The average Bonchev–Trinajstić information content (AvgIpc) is 2.84. The zero-order chi connectivity index (χ0) is 23.7. The molecule has 0 atom stereocenters. The second-order valence-electron chi connectivity index (χ2n) is 8.38. The van der Waals surface area contributed by atoms with E-state index in [9.17, 15) is 9.18 Å². The third kappa shape index (κ3) is 4.47. The van der Waals surface area contributed by atoms with Crippen LogP contribution in [0.5, 0.6) is 0 Å². The molecule has 0 saturated carbocycles. The summed E-state index contributed by atoms with van der Waals surface area (Å²) in [4.78, 5) is 21.9. The zero-order valence-electron chi connectivity index (χ0n) is 18.6. The first-order chi connectivity index (χ1) is 16.5. The Labute approximate surface area is 201 Å². The van der Waals surface area contributed by atoms with Crippen LogP contribution in [-0.2, 0) is 7.05 Å². The van der Waals surface area contributed by atoms with Crippen molar-refractivity contribution in [3.63, 3.8) is 0 Å². The molecule has 3 heterocycles. The third-order valence-electron chi connectivity index (χ3n) is 6.00. The first kappa shape index (κ1) is 22.3. The molecule has 1 saturated heterocycles. The summed E-state index contributed by atoms with van der Waals surface area (Å²) < 4.78 is 16.1. The first-order valence-electron chi connectivity index (χ1n) is 11.1. The van der Waals surface area contributed by atoms with Gasteiger partial charge in [0.15, 0.2) is 0 Å². The molecular weight excluding hydrogens is 455 g/mol. The summed E-state index contributed by atoms with van der Waals surface area (Å²) >= 11 is 6.18. The number of halogens is 2. The molecular formula is C25H24ClFN6O. The average molecular weight is 479 g/mol. The fraction of sp³-hybridized carbons (Fsp3) is 0.240. The molecule has 2 aromatic carbocycles. The van der Waals surface area contributed by atoms with Crippen molar-refractivity contribution in [2.45, 2.75) is 18.9 Å². The molecule has 9 heteroatoms. The number of benzene rings is 2. The van der Waals surface area contributed by atoms with E-state index in [0.717, 1.165) is 37.3 Å². The molecule has 5 rings (SSSR count). The highest BCUT2D eigenvalue weighted by Gasteiger charge is 2.17. The maximum absolute atomic E-state index is 14.4. The summed E-state index contributed by atoms with van der Waals surface area (Å²) in [6, 6.07) is 12.8. The van der Waals surface area contributed by atoms with Gasteiger partial charge in [-0.1, -0.05) is 17.7 Å². The molecule has 0 spiro atoms. The van der Waals surface area contributed by atoms with Gasteiger partial charge in [0.1, 0.15) is 11.5 Å². The van der Waals surface area contributed by atoms with Crippen LogP contribution < -0.4 is 21.4 Å². The van der Waals surface area contributed by atoms with Gasteiger partial charge in [-0.3, -0.25) is 4.79 Å². The molecule has 0 bridgehead atoms. The Morgan fingerprint density at radius 2 is 1.85 bits per heavy atom. The van der Waals surface area contributed by atoms with Gasteiger partial charge in [0.25, 0.3) is 0 Å². The fourth-order valence-electron chi connectivity index (χ4n) is 4.23. The number of pyridine rings is 1. The van der Waals surface area contributed by atoms with E-state index in [1.54, 1.807) is 23.9 Å². The number of hydrogen-bond donors (Lipinski definition) is 3. The lowest BCUT2D eigenvalue weighted by atomic mass is 10.1. The summed E-state index contributed by atoms with van der Waals surface area (Å²) in [5, 5.41) is 10.6. The Morgan fingerprint density at radius 3 is 2.59 bits per heavy atom. The van der Waals surface area contributed by atoms with Gasteiger partial charge >= 0.3 is 0 Å². The lowest BCUT2D eigenvalue weighted by Gasteiger charge is -2.24. The molecule has 0 unspecified atom stereocenters. The number of nitrogens with zero attached hydrogens (tertiary/aromatic N) is 3. The monoisotopic (exact) mass is 478 g/mol. The predicted octanol–water partition coefficient (Wildman–Crippen LogP) is 4.70. The summed E-state index contributed by atoms with van der Waals surface area (Å²) in [7, 11) is 1.75. The number of rotatable bonds is 5. The van der Waals surface area contributed by atoms with Gasteiger partial charge in [0, 0.05) is 42.4 Å². The lowest BCUT2D eigenvalue weighted by molar-refractivity contribution is 0.479. The Balaban J connectivity index is 1.40. The number of aromatic nitrogens is 3. The number of aryl methyl sites for hydroxylation is 1. The maximum Gasteiger partial charge on any atom is 0.229 e. The molecule has 0 aliphatic carbocycles. The number of hydrogen-bond acceptors (Lipinski definition) is 6. The lowest BCUT2D eigenvalue weighted by Crippen LogP contribution is -2.35. The van der Waals surface area contributed by atoms with E-state index in [0.29, 0.717) is 17.6 Å². The van der Waals surface area contributed by atoms with E-state index >= 15 is 0 Å². The SMILES string of the molecule is Cn1cc(-c2c(F)cccc2Cl)c(=O)c2cnc(Nc3ccc(NC4CCNCC4)cc3)nc21. The summed E-state index contributed by atoms with van der Waals surface area (Å²) in [5.74, 6) is -0.195. The Morgan fingerprint density at radius 1 is 1.12 bits per heavy atom. The van der Waals surface area contributed by atoms with Crippen LogP contribution in [-0.4, -0.2) is 33.7 Å². The van der Waals surface area contributed by atoms with Crippen molar-refractivity contribution in [2.75, 3.05) is 23.7 Å². The van der Waals surface area contributed by atoms with Crippen molar-refractivity contribution in [3.8, 4) is 11.1 Å². The van der Waals surface area contributed by atoms with E-state index in [1.165, 1.54) is 18.3 Å². The van der Waals surface area contributed by atoms with Gasteiger partial charge in [-0.2, -0.15) is 4.98 Å². The third-order valence-corrected chi connectivity index (χ3v) is 6.31. The number of piperidine rings is 1. The molecule has 174 valence electrons. The van der Waals surface area contributed by atoms with Gasteiger partial charge in [-0.15, -0.1) is 0 Å². The minimum absolute atomic E-state index is 0.0760. The van der Waals surface area contributed by atoms with Crippen LogP contribution in [0.4, 0.5) is 21.7 Å². The standard InChI is InChI=1S/C25H24ClFN6O/c1-33-14-19(22-20(26)3-2-4-21(22)27)23(34)18-13-29-25(32-24(18)33)31-16-7-5-15(6-8-16)30-17-9-11-28-12-10-17/h2-8,13-14,17,28,30H,9-12H2,1H3,(H,29,31,32). The van der Waals surface area contributed by atoms with Crippen LogP contribution in [0, 0.1) is 5.82 Å². The first-order valence-corrected chi connectivity index (χ1v) is 11.5. The van der Waals surface area contributed by atoms with Gasteiger partial charge in [-0.05, 0) is 62.3 Å². The molecule has 3 N–H and O–H groups in total. The molecule has 34 heavy (non-hydrogen) atoms. The van der Waals surface area contributed by atoms with Gasteiger partial charge in [0.2, 0.25) is 11.4 Å². The van der Waals surface area contributed by atoms with Gasteiger partial charge in [-0.25, -0.2) is 9.37 Å². The van der Waals surface area contributed by atoms with Crippen molar-refractivity contribution in [1.82, 2.24) is 19.9 Å². The zero-order valence-corrected chi connectivity index (χ0v) is 19.4. The van der Waals surface area contributed by atoms with Gasteiger partial charge in [0.05, 0.1) is 16.0 Å². The van der Waals surface area contributed by atoms with Crippen molar-refractivity contribution in [3.05, 3.63) is 75.9 Å². The van der Waals surface area contributed by atoms with Crippen LogP contribution in [0.25, 0.3) is 22.2 Å². The van der Waals surface area contributed by atoms with E-state index in [-0.39, 0.29) is 27.0 Å². The van der Waals surface area contributed by atoms with Crippen LogP contribution in [0.2, 0.25) is 5.02 Å². The fourth-order valence-corrected chi connectivity index (χ4v) is 4.50. The molecule has 1 aliphatic heterocycles. The van der Waals surface area contributed by atoms with Crippen molar-refractivity contribution in [1.29, 1.82) is 0 Å². The van der Waals surface area contributed by atoms with Crippen LogP contribution in [0.3, 0.4) is 0 Å². The van der Waals surface area contributed by atoms with Crippen molar-refractivity contribution < 1.29 is 4.39 Å². The molecule has 0 amide bonds. The summed E-state index contributed by atoms with van der Waals surface area (Å²) in [6.45, 7) is 2.07. The van der Waals surface area contributed by atoms with Crippen molar-refractivity contribution >= 4 is 40.0 Å². The Kier molecular flexibility index (Phi) is 6.17. The minimum Gasteiger partial charge on any atom is -0.382 e. The predicted molar refractivity (Wildman–Crippen MR) is 134 cm³/mol. The van der Waals surface area contributed by atoms with E-state index in [4.69, 9.17) is 11.6 Å². The summed E-state index contributed by atoms with van der Waals surface area (Å²) in [6.07, 6.45) is 5.22. The molecule has 1 fully saturated rings. The number of anilines is 3. The smallest absolute Gasteiger partial charge is 0.229 e. The van der Waals surface area contributed by atoms with E-state index in [1.807, 2.05) is 24.3 Å². The number of fused-ring (bicyclic) bond motifs is 1. The highest BCUT2D eigenvalue weighted by Crippen LogP contribution is 2.29. The van der Waals surface area contributed by atoms with Gasteiger partial charge < -0.3 is 20.5 Å². The maximum atomic E-state index is 14.4. The van der Waals surface area contributed by atoms with Crippen LogP contribution in [0.15, 0.2) is 59.7 Å². The quantitative estimate of drug-likeness (QED) is 0.386. The number of nitrogens with one attached hydrogen (secondary N) is 3. The minimum atomic E-state index is -0.554. The van der Waals surface area contributed by atoms with E-state index in [2.05, 4.69) is 25.9 Å². The van der Waals surface area contributed by atoms with E-state index < -0.39 is 5.82 Å². The molecule has 2 aromatic heterocycles. The van der Waals surface area contributed by atoms with Crippen molar-refractivity contribution in [2.24, 2.45) is 7.05 Å². The molecule has 4 aromatic rings. The molecule has 1 aliphatic rings. The summed E-state index contributed by atoms with van der Waals surface area (Å²) in [5.41, 5.74) is 2.20. The normalized spacial score (nSPS) is 14.3.